The highest BCUT2D eigenvalue weighted by molar-refractivity contribution is 5.50. The number of fused-ring (bicyclic) bond motifs is 2. The summed E-state index contributed by atoms with van der Waals surface area (Å²) < 4.78 is 5.35. The summed E-state index contributed by atoms with van der Waals surface area (Å²) >= 11 is 0. The van der Waals surface area contributed by atoms with Gasteiger partial charge in [0.1, 0.15) is 0 Å². The van der Waals surface area contributed by atoms with Crippen molar-refractivity contribution in [1.82, 2.24) is 4.98 Å². The summed E-state index contributed by atoms with van der Waals surface area (Å²) in [5.41, 5.74) is 0. The molecule has 1 N–H and O–H groups in total. The van der Waals surface area contributed by atoms with E-state index in [4.69, 9.17) is 4.74 Å². The number of nitrogens with zero attached hydrogens (tertiary/aromatic N) is 1. The number of aromatic nitrogens is 1. The maximum absolute atomic E-state index is 5.35. The summed E-state index contributed by atoms with van der Waals surface area (Å²) in [7, 11) is 1.70. The third-order valence-electron chi connectivity index (χ3n) is 4.79. The number of hydrogen-bond acceptors (Lipinski definition) is 3. The van der Waals surface area contributed by atoms with Crippen molar-refractivity contribution >= 4 is 5.82 Å². The maximum atomic E-state index is 5.35. The first-order chi connectivity index (χ1) is 8.78. The second kappa shape index (κ2) is 4.79. The highest BCUT2D eigenvalue weighted by Gasteiger charge is 2.41. The molecule has 4 atom stereocenters. The van der Waals surface area contributed by atoms with Crippen LogP contribution in [0.25, 0.3) is 0 Å². The van der Waals surface area contributed by atoms with E-state index in [1.54, 1.807) is 7.11 Å². The zero-order chi connectivity index (χ0) is 12.5. The highest BCUT2D eigenvalue weighted by Crippen LogP contribution is 2.49. The van der Waals surface area contributed by atoms with Crippen molar-refractivity contribution in [2.45, 2.75) is 38.6 Å². The average Bonchev–Trinajstić information content (AvgIpc) is 3.01. The van der Waals surface area contributed by atoms with E-state index in [-0.39, 0.29) is 0 Å². The molecule has 4 unspecified atom stereocenters. The van der Waals surface area contributed by atoms with Gasteiger partial charge in [0.25, 0.3) is 0 Å². The van der Waals surface area contributed by atoms with E-state index in [2.05, 4.69) is 17.2 Å². The molecule has 0 radical (unpaired) electrons. The SMILES string of the molecule is COc1cccnc1NC(C)C1CC2CCC1C2. The molecule has 2 aliphatic carbocycles. The van der Waals surface area contributed by atoms with Gasteiger partial charge < -0.3 is 10.1 Å². The number of methoxy groups -OCH3 is 1. The highest BCUT2D eigenvalue weighted by atomic mass is 16.5. The predicted molar refractivity (Wildman–Crippen MR) is 72.8 cm³/mol. The molecule has 3 heteroatoms. The van der Waals surface area contributed by atoms with Crippen molar-refractivity contribution in [2.75, 3.05) is 12.4 Å². The van der Waals surface area contributed by atoms with Gasteiger partial charge in [-0.05, 0) is 56.1 Å². The van der Waals surface area contributed by atoms with Crippen molar-refractivity contribution < 1.29 is 4.74 Å². The Morgan fingerprint density at radius 3 is 2.94 bits per heavy atom. The van der Waals surface area contributed by atoms with E-state index in [1.807, 2.05) is 18.3 Å². The summed E-state index contributed by atoms with van der Waals surface area (Å²) in [6.07, 6.45) is 7.56. The Bertz CT molecular complexity index is 421. The van der Waals surface area contributed by atoms with E-state index in [0.29, 0.717) is 6.04 Å². The van der Waals surface area contributed by atoms with Crippen LogP contribution in [-0.4, -0.2) is 18.1 Å². The zero-order valence-electron chi connectivity index (χ0n) is 11.2. The van der Waals surface area contributed by atoms with Crippen LogP contribution in [0.1, 0.15) is 32.6 Å². The standard InChI is InChI=1S/C15H22N2O/c1-10(13-9-11-5-6-12(13)8-11)17-15-14(18-2)4-3-7-16-15/h3-4,7,10-13H,5-6,8-9H2,1-2H3,(H,16,17). The lowest BCUT2D eigenvalue weighted by molar-refractivity contribution is 0.303. The van der Waals surface area contributed by atoms with Crippen molar-refractivity contribution in [3.63, 3.8) is 0 Å². The van der Waals surface area contributed by atoms with Gasteiger partial charge in [0, 0.05) is 12.2 Å². The molecule has 0 spiro atoms. The fourth-order valence-corrected chi connectivity index (χ4v) is 3.89. The third-order valence-corrected chi connectivity index (χ3v) is 4.79. The molecule has 18 heavy (non-hydrogen) atoms. The number of nitrogens with one attached hydrogen (secondary N) is 1. The Kier molecular flexibility index (Phi) is 3.14. The molecule has 3 rings (SSSR count). The second-order valence-corrected chi connectivity index (χ2v) is 5.83. The van der Waals surface area contributed by atoms with Crippen LogP contribution in [0.3, 0.4) is 0 Å². The van der Waals surface area contributed by atoms with Crippen molar-refractivity contribution in [3.8, 4) is 5.75 Å². The Morgan fingerprint density at radius 1 is 1.39 bits per heavy atom. The Labute approximate surface area is 109 Å². The van der Waals surface area contributed by atoms with Gasteiger partial charge in [0.15, 0.2) is 11.6 Å². The molecule has 0 saturated heterocycles. The number of hydrogen-bond donors (Lipinski definition) is 1. The van der Waals surface area contributed by atoms with Crippen LogP contribution in [0.2, 0.25) is 0 Å². The predicted octanol–water partition coefficient (Wildman–Crippen LogP) is 3.33. The molecule has 98 valence electrons. The first-order valence-electron chi connectivity index (χ1n) is 7.03. The lowest BCUT2D eigenvalue weighted by atomic mass is 9.84. The Balaban J connectivity index is 1.69. The van der Waals surface area contributed by atoms with Gasteiger partial charge in [-0.25, -0.2) is 4.98 Å². The minimum absolute atomic E-state index is 0.490. The molecule has 1 heterocycles. The van der Waals surface area contributed by atoms with Crippen molar-refractivity contribution in [1.29, 1.82) is 0 Å². The van der Waals surface area contributed by atoms with Gasteiger partial charge in [-0.2, -0.15) is 0 Å². The fraction of sp³-hybridized carbons (Fsp3) is 0.667. The van der Waals surface area contributed by atoms with Gasteiger partial charge in [-0.1, -0.05) is 6.42 Å². The van der Waals surface area contributed by atoms with E-state index < -0.39 is 0 Å². The molecule has 2 fully saturated rings. The normalized spacial score (nSPS) is 31.3. The number of anilines is 1. The number of pyridine rings is 1. The summed E-state index contributed by atoms with van der Waals surface area (Å²) in [6.45, 7) is 2.29. The van der Waals surface area contributed by atoms with E-state index in [1.165, 1.54) is 25.7 Å². The molecule has 1 aromatic heterocycles. The first kappa shape index (κ1) is 11.8. The van der Waals surface area contributed by atoms with E-state index in [0.717, 1.165) is 29.3 Å². The summed E-state index contributed by atoms with van der Waals surface area (Å²) in [4.78, 5) is 4.39. The van der Waals surface area contributed by atoms with Gasteiger partial charge in [-0.15, -0.1) is 0 Å². The molecule has 1 aromatic rings. The first-order valence-corrected chi connectivity index (χ1v) is 7.03. The Morgan fingerprint density at radius 2 is 2.28 bits per heavy atom. The van der Waals surface area contributed by atoms with Gasteiger partial charge in [0.05, 0.1) is 7.11 Å². The monoisotopic (exact) mass is 246 g/mol. The van der Waals surface area contributed by atoms with Gasteiger partial charge >= 0.3 is 0 Å². The van der Waals surface area contributed by atoms with Gasteiger partial charge in [0.2, 0.25) is 0 Å². The van der Waals surface area contributed by atoms with Gasteiger partial charge in [-0.3, -0.25) is 0 Å². The quantitative estimate of drug-likeness (QED) is 0.885. The minimum Gasteiger partial charge on any atom is -0.493 e. The van der Waals surface area contributed by atoms with Crippen LogP contribution >= 0.6 is 0 Å². The maximum Gasteiger partial charge on any atom is 0.168 e. The summed E-state index contributed by atoms with van der Waals surface area (Å²) in [6, 6.07) is 4.36. The van der Waals surface area contributed by atoms with E-state index in [9.17, 15) is 0 Å². The molecule has 2 bridgehead atoms. The number of rotatable bonds is 4. The van der Waals surface area contributed by atoms with Crippen molar-refractivity contribution in [2.24, 2.45) is 17.8 Å². The lowest BCUT2D eigenvalue weighted by Crippen LogP contribution is -2.30. The fourth-order valence-electron chi connectivity index (χ4n) is 3.89. The summed E-state index contributed by atoms with van der Waals surface area (Å²) in [5, 5.41) is 3.55. The smallest absolute Gasteiger partial charge is 0.168 e. The Hall–Kier alpha value is -1.25. The third kappa shape index (κ3) is 2.06. The van der Waals surface area contributed by atoms with E-state index >= 15 is 0 Å². The average molecular weight is 246 g/mol. The lowest BCUT2D eigenvalue weighted by Gasteiger charge is -2.29. The molecular formula is C15H22N2O. The molecule has 2 aliphatic rings. The zero-order valence-corrected chi connectivity index (χ0v) is 11.2. The minimum atomic E-state index is 0.490. The largest absolute Gasteiger partial charge is 0.493 e. The molecule has 3 nitrogen and oxygen atoms in total. The molecule has 0 aliphatic heterocycles. The second-order valence-electron chi connectivity index (χ2n) is 5.83. The summed E-state index contributed by atoms with van der Waals surface area (Å²) in [5.74, 6) is 4.47. The van der Waals surface area contributed by atoms with Crippen LogP contribution in [0.15, 0.2) is 18.3 Å². The van der Waals surface area contributed by atoms with Crippen LogP contribution in [-0.2, 0) is 0 Å². The topological polar surface area (TPSA) is 34.1 Å². The molecule has 2 saturated carbocycles. The molecule has 0 amide bonds. The molecular weight excluding hydrogens is 224 g/mol. The van der Waals surface area contributed by atoms with Crippen LogP contribution in [0.5, 0.6) is 5.75 Å². The van der Waals surface area contributed by atoms with Crippen LogP contribution in [0, 0.1) is 17.8 Å². The number of ether oxygens (including phenoxy) is 1. The van der Waals surface area contributed by atoms with Crippen molar-refractivity contribution in [3.05, 3.63) is 18.3 Å². The molecule has 0 aromatic carbocycles. The van der Waals surface area contributed by atoms with Crippen LogP contribution < -0.4 is 10.1 Å². The van der Waals surface area contributed by atoms with Crippen LogP contribution in [0.4, 0.5) is 5.82 Å².